The van der Waals surface area contributed by atoms with Crippen LogP contribution in [-0.4, -0.2) is 40.2 Å². The molecule has 6 heteroatoms. The van der Waals surface area contributed by atoms with Crippen molar-refractivity contribution in [3.63, 3.8) is 0 Å². The first-order chi connectivity index (χ1) is 10.3. The number of nitrogens with zero attached hydrogens (tertiary/aromatic N) is 3. The molecule has 0 radical (unpaired) electrons. The van der Waals surface area contributed by atoms with Gasteiger partial charge in [-0.2, -0.15) is 5.26 Å². The minimum atomic E-state index is -0.932. The maximum absolute atomic E-state index is 12.7. The third kappa shape index (κ3) is 2.77. The third-order valence-corrected chi connectivity index (χ3v) is 4.22. The third-order valence-electron chi connectivity index (χ3n) is 4.22. The SMILES string of the molecule is COC(C)(C)C(=O)N1C[C@H](C)C[C@H]1c1cncc(C#N)c1O. The molecule has 1 aromatic heterocycles. The van der Waals surface area contributed by atoms with E-state index in [0.29, 0.717) is 18.0 Å². The van der Waals surface area contributed by atoms with E-state index in [2.05, 4.69) is 11.9 Å². The molecule has 0 aromatic carbocycles. The van der Waals surface area contributed by atoms with Crippen molar-refractivity contribution in [2.24, 2.45) is 5.92 Å². The highest BCUT2D eigenvalue weighted by Crippen LogP contribution is 2.40. The van der Waals surface area contributed by atoms with Crippen LogP contribution < -0.4 is 0 Å². The van der Waals surface area contributed by atoms with Gasteiger partial charge in [0.1, 0.15) is 23.0 Å². The molecule has 2 rings (SSSR count). The summed E-state index contributed by atoms with van der Waals surface area (Å²) in [6, 6.07) is 1.62. The summed E-state index contributed by atoms with van der Waals surface area (Å²) in [5.41, 5.74) is -0.294. The predicted octanol–water partition coefficient (Wildman–Crippen LogP) is 1.99. The van der Waals surface area contributed by atoms with E-state index in [4.69, 9.17) is 10.00 Å². The molecular formula is C16H21N3O3. The minimum absolute atomic E-state index is 0.0929. The Kier molecular flexibility index (Phi) is 4.38. The van der Waals surface area contributed by atoms with Crippen LogP contribution in [0.3, 0.4) is 0 Å². The van der Waals surface area contributed by atoms with Crippen LogP contribution in [0.25, 0.3) is 0 Å². The smallest absolute Gasteiger partial charge is 0.254 e. The van der Waals surface area contributed by atoms with Crippen LogP contribution in [0, 0.1) is 17.2 Å². The van der Waals surface area contributed by atoms with Gasteiger partial charge in [0.05, 0.1) is 6.04 Å². The lowest BCUT2D eigenvalue weighted by molar-refractivity contribution is -0.152. The van der Waals surface area contributed by atoms with Gasteiger partial charge < -0.3 is 14.7 Å². The lowest BCUT2D eigenvalue weighted by atomic mass is 9.99. The number of nitriles is 1. The number of hydrogen-bond donors (Lipinski definition) is 1. The number of pyridine rings is 1. The number of amides is 1. The standard InChI is InChI=1S/C16H21N3O3/c1-10-5-13(12-8-18-7-11(6-17)14(12)20)19(9-10)15(21)16(2,3)22-4/h7-8,10,13H,5,9H2,1-4H3,(H,18,20)/t10-,13+/m1/s1. The summed E-state index contributed by atoms with van der Waals surface area (Å²) in [6.45, 7) is 6.09. The monoisotopic (exact) mass is 303 g/mol. The predicted molar refractivity (Wildman–Crippen MR) is 79.9 cm³/mol. The van der Waals surface area contributed by atoms with Crippen LogP contribution in [0.5, 0.6) is 5.75 Å². The molecule has 2 atom stereocenters. The van der Waals surface area contributed by atoms with Crippen LogP contribution in [0.15, 0.2) is 12.4 Å². The van der Waals surface area contributed by atoms with Crippen molar-refractivity contribution < 1.29 is 14.6 Å². The average Bonchev–Trinajstić information content (AvgIpc) is 2.88. The quantitative estimate of drug-likeness (QED) is 0.922. The molecule has 1 saturated heterocycles. The average molecular weight is 303 g/mol. The van der Waals surface area contributed by atoms with Crippen LogP contribution >= 0.6 is 0 Å². The van der Waals surface area contributed by atoms with Gasteiger partial charge >= 0.3 is 0 Å². The van der Waals surface area contributed by atoms with E-state index in [1.54, 1.807) is 18.7 Å². The van der Waals surface area contributed by atoms with Crippen LogP contribution in [-0.2, 0) is 9.53 Å². The molecule has 22 heavy (non-hydrogen) atoms. The minimum Gasteiger partial charge on any atom is -0.506 e. The first-order valence-electron chi connectivity index (χ1n) is 7.25. The number of rotatable bonds is 3. The molecule has 1 aliphatic heterocycles. The van der Waals surface area contributed by atoms with E-state index >= 15 is 0 Å². The van der Waals surface area contributed by atoms with E-state index in [1.807, 2.05) is 6.07 Å². The second kappa shape index (κ2) is 5.93. The number of ether oxygens (including phenoxy) is 1. The van der Waals surface area contributed by atoms with Gasteiger partial charge in [0.15, 0.2) is 0 Å². The normalized spacial score (nSPS) is 21.7. The zero-order chi connectivity index (χ0) is 16.5. The Balaban J connectivity index is 2.41. The number of aromatic hydroxyl groups is 1. The summed E-state index contributed by atoms with van der Waals surface area (Å²) >= 11 is 0. The fourth-order valence-electron chi connectivity index (χ4n) is 2.79. The first kappa shape index (κ1) is 16.2. The molecule has 118 valence electrons. The van der Waals surface area contributed by atoms with Crippen molar-refractivity contribution in [3.8, 4) is 11.8 Å². The van der Waals surface area contributed by atoms with Crippen molar-refractivity contribution in [3.05, 3.63) is 23.5 Å². The van der Waals surface area contributed by atoms with Crippen LogP contribution in [0.1, 0.15) is 44.4 Å². The van der Waals surface area contributed by atoms with Gasteiger partial charge in [0, 0.05) is 31.6 Å². The number of likely N-dealkylation sites (tertiary alicyclic amines) is 1. The lowest BCUT2D eigenvalue weighted by Gasteiger charge is -2.32. The number of carbonyl (C=O) groups is 1. The fourth-order valence-corrected chi connectivity index (χ4v) is 2.79. The summed E-state index contributed by atoms with van der Waals surface area (Å²) in [6.07, 6.45) is 3.57. The van der Waals surface area contributed by atoms with E-state index in [-0.39, 0.29) is 23.3 Å². The second-order valence-corrected chi connectivity index (χ2v) is 6.27. The van der Waals surface area contributed by atoms with Crippen molar-refractivity contribution in [1.29, 1.82) is 5.26 Å². The van der Waals surface area contributed by atoms with E-state index in [9.17, 15) is 9.90 Å². The molecule has 0 bridgehead atoms. The number of hydrogen-bond acceptors (Lipinski definition) is 5. The molecule has 6 nitrogen and oxygen atoms in total. The summed E-state index contributed by atoms with van der Waals surface area (Å²) < 4.78 is 5.28. The molecule has 0 unspecified atom stereocenters. The summed E-state index contributed by atoms with van der Waals surface area (Å²) in [4.78, 5) is 18.5. The Labute approximate surface area is 130 Å². The molecule has 1 aliphatic rings. The molecule has 0 saturated carbocycles. The Morgan fingerprint density at radius 1 is 1.55 bits per heavy atom. The second-order valence-electron chi connectivity index (χ2n) is 6.27. The van der Waals surface area contributed by atoms with Crippen molar-refractivity contribution in [2.75, 3.05) is 13.7 Å². The Morgan fingerprint density at radius 3 is 2.82 bits per heavy atom. The Hall–Kier alpha value is -2.13. The molecular weight excluding hydrogens is 282 g/mol. The fraction of sp³-hybridized carbons (Fsp3) is 0.562. The van der Waals surface area contributed by atoms with Gasteiger partial charge in [-0.25, -0.2) is 0 Å². The molecule has 0 spiro atoms. The van der Waals surface area contributed by atoms with Crippen LogP contribution in [0.2, 0.25) is 0 Å². The molecule has 1 N–H and O–H groups in total. The largest absolute Gasteiger partial charge is 0.506 e. The summed E-state index contributed by atoms with van der Waals surface area (Å²) in [5.74, 6) is 0.0717. The summed E-state index contributed by atoms with van der Waals surface area (Å²) in [5, 5.41) is 19.3. The van der Waals surface area contributed by atoms with Crippen molar-refractivity contribution in [1.82, 2.24) is 9.88 Å². The molecule has 1 fully saturated rings. The maximum Gasteiger partial charge on any atom is 0.254 e. The van der Waals surface area contributed by atoms with Gasteiger partial charge in [-0.15, -0.1) is 0 Å². The van der Waals surface area contributed by atoms with Gasteiger partial charge in [-0.1, -0.05) is 6.92 Å². The van der Waals surface area contributed by atoms with Crippen molar-refractivity contribution >= 4 is 5.91 Å². The Morgan fingerprint density at radius 2 is 2.23 bits per heavy atom. The summed E-state index contributed by atoms with van der Waals surface area (Å²) in [7, 11) is 1.50. The van der Waals surface area contributed by atoms with Crippen LogP contribution in [0.4, 0.5) is 0 Å². The zero-order valence-corrected chi connectivity index (χ0v) is 13.3. The number of aromatic nitrogens is 1. The first-order valence-corrected chi connectivity index (χ1v) is 7.25. The van der Waals surface area contributed by atoms with Gasteiger partial charge in [0.25, 0.3) is 5.91 Å². The maximum atomic E-state index is 12.7. The van der Waals surface area contributed by atoms with E-state index < -0.39 is 5.60 Å². The highest BCUT2D eigenvalue weighted by Gasteiger charge is 2.41. The molecule has 1 amide bonds. The lowest BCUT2D eigenvalue weighted by Crippen LogP contribution is -2.46. The van der Waals surface area contributed by atoms with Crippen molar-refractivity contribution in [2.45, 2.75) is 38.8 Å². The van der Waals surface area contributed by atoms with E-state index in [1.165, 1.54) is 19.5 Å². The zero-order valence-electron chi connectivity index (χ0n) is 13.3. The van der Waals surface area contributed by atoms with Gasteiger partial charge in [-0.3, -0.25) is 9.78 Å². The number of methoxy groups -OCH3 is 1. The van der Waals surface area contributed by atoms with E-state index in [0.717, 1.165) is 6.42 Å². The van der Waals surface area contributed by atoms with Gasteiger partial charge in [-0.05, 0) is 26.2 Å². The topological polar surface area (TPSA) is 86.5 Å². The van der Waals surface area contributed by atoms with Gasteiger partial charge in [0.2, 0.25) is 0 Å². The molecule has 1 aromatic rings. The molecule has 0 aliphatic carbocycles. The highest BCUT2D eigenvalue weighted by molar-refractivity contribution is 5.85. The Bertz CT molecular complexity index is 622. The highest BCUT2D eigenvalue weighted by atomic mass is 16.5. The molecule has 2 heterocycles. The number of carbonyl (C=O) groups excluding carboxylic acids is 1.